The summed E-state index contributed by atoms with van der Waals surface area (Å²) in [7, 11) is 0. The summed E-state index contributed by atoms with van der Waals surface area (Å²) in [6.07, 6.45) is 0. The number of aromatic carboxylic acids is 1. The number of carboxylic acid groups (broad SMARTS) is 1. The van der Waals surface area contributed by atoms with E-state index in [1.807, 2.05) is 0 Å². The molecule has 1 rings (SSSR count). The van der Waals surface area contributed by atoms with E-state index in [0.29, 0.717) is 12.1 Å². The molecule has 0 saturated heterocycles. The first-order chi connectivity index (χ1) is 6.32. The Kier molecular flexibility index (Phi) is 5.48. The van der Waals surface area contributed by atoms with Crippen molar-refractivity contribution in [1.82, 2.24) is 0 Å². The quantitative estimate of drug-likeness (QED) is 0.513. The van der Waals surface area contributed by atoms with E-state index in [4.69, 9.17) is 5.11 Å². The van der Waals surface area contributed by atoms with Gasteiger partial charge in [0.05, 0.1) is 5.56 Å². The van der Waals surface area contributed by atoms with Crippen LogP contribution in [0.4, 0.5) is 17.3 Å². The maximum Gasteiger partial charge on any atom is 1.00 e. The fourth-order valence-corrected chi connectivity index (χ4v) is 0.910. The van der Waals surface area contributed by atoms with Crippen molar-refractivity contribution in [2.24, 2.45) is 0 Å². The Balaban J connectivity index is 0.00000196. The summed E-state index contributed by atoms with van der Waals surface area (Å²) in [6.45, 7) is -5.30. The van der Waals surface area contributed by atoms with E-state index < -0.39 is 29.8 Å². The van der Waals surface area contributed by atoms with Crippen molar-refractivity contribution in [1.29, 1.82) is 0 Å². The molecule has 76 valence electrons. The number of hydrogen-bond donors (Lipinski definition) is 1. The van der Waals surface area contributed by atoms with Gasteiger partial charge in [-0.05, 0) is 6.07 Å². The van der Waals surface area contributed by atoms with Crippen LogP contribution in [0.2, 0.25) is 0 Å². The molecule has 0 aromatic heterocycles. The molecular formula is C7H4BF4KO2. The van der Waals surface area contributed by atoms with Gasteiger partial charge in [0.15, 0.2) is 0 Å². The number of benzene rings is 1. The van der Waals surface area contributed by atoms with Crippen LogP contribution in [0.15, 0.2) is 18.2 Å². The molecule has 8 heteroatoms. The van der Waals surface area contributed by atoms with Gasteiger partial charge in [-0.2, -0.15) is 0 Å². The van der Waals surface area contributed by atoms with Gasteiger partial charge in [0.2, 0.25) is 0 Å². The summed E-state index contributed by atoms with van der Waals surface area (Å²) in [5, 5.41) is 8.36. The maximum absolute atomic E-state index is 12.7. The van der Waals surface area contributed by atoms with Crippen LogP contribution in [0.5, 0.6) is 0 Å². The molecule has 0 fully saturated rings. The Labute approximate surface area is 125 Å². The Morgan fingerprint density at radius 2 is 1.80 bits per heavy atom. The molecule has 0 saturated carbocycles. The van der Waals surface area contributed by atoms with Crippen LogP contribution >= 0.6 is 0 Å². The molecule has 0 heterocycles. The van der Waals surface area contributed by atoms with Crippen LogP contribution in [0.1, 0.15) is 10.4 Å². The van der Waals surface area contributed by atoms with Gasteiger partial charge in [0, 0.05) is 0 Å². The van der Waals surface area contributed by atoms with Crippen molar-refractivity contribution in [2.45, 2.75) is 0 Å². The van der Waals surface area contributed by atoms with Gasteiger partial charge in [-0.1, -0.05) is 12.1 Å². The maximum atomic E-state index is 12.7. The number of hydrogen-bond acceptors (Lipinski definition) is 1. The summed E-state index contributed by atoms with van der Waals surface area (Å²) in [5.41, 5.74) is -2.09. The predicted octanol–water partition coefficient (Wildman–Crippen LogP) is -1.42. The average Bonchev–Trinajstić information content (AvgIpc) is 2.02. The monoisotopic (exact) mass is 246 g/mol. The van der Waals surface area contributed by atoms with Gasteiger partial charge in [-0.15, -0.1) is 5.46 Å². The summed E-state index contributed by atoms with van der Waals surface area (Å²) in [6, 6.07) is 1.30. The van der Waals surface area contributed by atoms with Gasteiger partial charge < -0.3 is 18.1 Å². The first-order valence-electron chi connectivity index (χ1n) is 3.55. The van der Waals surface area contributed by atoms with E-state index in [1.54, 1.807) is 0 Å². The molecule has 1 aromatic rings. The molecule has 0 radical (unpaired) electrons. The number of carbonyl (C=O) groups is 1. The van der Waals surface area contributed by atoms with Crippen molar-refractivity contribution >= 4 is 18.4 Å². The Bertz CT molecular complexity index is 380. The third kappa shape index (κ3) is 3.88. The van der Waals surface area contributed by atoms with Crippen molar-refractivity contribution in [3.63, 3.8) is 0 Å². The molecule has 2 nitrogen and oxygen atoms in total. The van der Waals surface area contributed by atoms with Crippen molar-refractivity contribution in [3.8, 4) is 0 Å². The van der Waals surface area contributed by atoms with Crippen LogP contribution in [0, 0.1) is 5.82 Å². The fraction of sp³-hybridized carbons (Fsp3) is 0. The second-order valence-corrected chi connectivity index (χ2v) is 2.62. The molecule has 0 atom stereocenters. The van der Waals surface area contributed by atoms with E-state index in [0.717, 1.165) is 0 Å². The molecule has 0 aliphatic heterocycles. The topological polar surface area (TPSA) is 37.3 Å². The molecule has 0 aliphatic rings. The molecule has 15 heavy (non-hydrogen) atoms. The van der Waals surface area contributed by atoms with E-state index in [1.165, 1.54) is 0 Å². The fourth-order valence-electron chi connectivity index (χ4n) is 0.910. The molecule has 1 N–H and O–H groups in total. The molecular weight excluding hydrogens is 242 g/mol. The van der Waals surface area contributed by atoms with Gasteiger partial charge >= 0.3 is 64.3 Å². The zero-order chi connectivity index (χ0) is 10.9. The van der Waals surface area contributed by atoms with Crippen LogP contribution in [-0.2, 0) is 0 Å². The standard InChI is InChI=1S/C7H4BF4O2.K/c9-6-2-1-4(8(10,11)12)3-5(6)7(13)14;/h1-3H,(H,13,14);/q-1;+1. The van der Waals surface area contributed by atoms with Crippen LogP contribution in [-0.4, -0.2) is 18.1 Å². The zero-order valence-electron chi connectivity index (χ0n) is 7.68. The second-order valence-electron chi connectivity index (χ2n) is 2.62. The summed E-state index contributed by atoms with van der Waals surface area (Å²) in [4.78, 5) is 10.3. The van der Waals surface area contributed by atoms with Gasteiger partial charge in [0.1, 0.15) is 5.82 Å². The van der Waals surface area contributed by atoms with Crippen molar-refractivity contribution in [2.75, 3.05) is 0 Å². The number of halogens is 4. The minimum Gasteiger partial charge on any atom is -0.478 e. The summed E-state index contributed by atoms with van der Waals surface area (Å²) < 4.78 is 49.0. The van der Waals surface area contributed by atoms with Crippen LogP contribution in [0.3, 0.4) is 0 Å². The summed E-state index contributed by atoms with van der Waals surface area (Å²) >= 11 is 0. The van der Waals surface area contributed by atoms with Crippen LogP contribution < -0.4 is 56.8 Å². The van der Waals surface area contributed by atoms with E-state index in [9.17, 15) is 22.1 Å². The third-order valence-electron chi connectivity index (χ3n) is 1.60. The van der Waals surface area contributed by atoms with Crippen molar-refractivity contribution in [3.05, 3.63) is 29.6 Å². The Hall–Kier alpha value is 0.111. The minimum atomic E-state index is -5.30. The molecule has 1 aromatic carbocycles. The smallest absolute Gasteiger partial charge is 0.478 e. The van der Waals surface area contributed by atoms with E-state index in [-0.39, 0.29) is 57.5 Å². The molecule has 0 bridgehead atoms. The SMILES string of the molecule is O=C(O)c1cc([B-](F)(F)F)ccc1F.[K+]. The van der Waals surface area contributed by atoms with E-state index >= 15 is 0 Å². The molecule has 0 aliphatic carbocycles. The third-order valence-corrected chi connectivity index (χ3v) is 1.60. The number of carboxylic acids is 1. The Morgan fingerprint density at radius 3 is 2.20 bits per heavy atom. The normalized spacial score (nSPS) is 10.7. The average molecular weight is 246 g/mol. The zero-order valence-corrected chi connectivity index (χ0v) is 10.8. The minimum absolute atomic E-state index is 0. The van der Waals surface area contributed by atoms with Gasteiger partial charge in [-0.3, -0.25) is 0 Å². The second kappa shape index (κ2) is 5.44. The van der Waals surface area contributed by atoms with Gasteiger partial charge in [-0.25, -0.2) is 9.18 Å². The largest absolute Gasteiger partial charge is 1.00 e. The Morgan fingerprint density at radius 1 is 1.27 bits per heavy atom. The molecule has 0 unspecified atom stereocenters. The predicted molar refractivity (Wildman–Crippen MR) is 42.1 cm³/mol. The summed E-state index contributed by atoms with van der Waals surface area (Å²) in [5.74, 6) is -2.90. The molecule has 0 spiro atoms. The molecule has 0 amide bonds. The van der Waals surface area contributed by atoms with Gasteiger partial charge in [0.25, 0.3) is 0 Å². The van der Waals surface area contributed by atoms with Crippen LogP contribution in [0.25, 0.3) is 0 Å². The number of rotatable bonds is 2. The van der Waals surface area contributed by atoms with Crippen molar-refractivity contribution < 1.29 is 78.6 Å². The van der Waals surface area contributed by atoms with E-state index in [2.05, 4.69) is 0 Å². The first kappa shape index (κ1) is 15.1. The first-order valence-corrected chi connectivity index (χ1v) is 3.55.